The first-order chi connectivity index (χ1) is 10.8. The van der Waals surface area contributed by atoms with Crippen molar-refractivity contribution in [2.24, 2.45) is 0 Å². The van der Waals surface area contributed by atoms with E-state index < -0.39 is 6.10 Å². The highest BCUT2D eigenvalue weighted by Gasteiger charge is 2.32. The van der Waals surface area contributed by atoms with Crippen LogP contribution in [0.25, 0.3) is 0 Å². The monoisotopic (exact) mass is 297 g/mol. The zero-order valence-corrected chi connectivity index (χ0v) is 12.7. The molecule has 0 bridgehead atoms. The van der Waals surface area contributed by atoms with Gasteiger partial charge < -0.3 is 10.2 Å². The predicted octanol–water partition coefficient (Wildman–Crippen LogP) is 2.57. The Kier molecular flexibility index (Phi) is 4.88. The van der Waals surface area contributed by atoms with Gasteiger partial charge in [0.25, 0.3) is 0 Å². The molecule has 0 radical (unpaired) electrons. The lowest BCUT2D eigenvalue weighted by Gasteiger charge is -2.40. The number of aliphatic hydroxyl groups excluding tert-OH is 2. The van der Waals surface area contributed by atoms with Gasteiger partial charge >= 0.3 is 0 Å². The standard InChI is InChI=1S/C19H23NO2/c21-14-18(16-9-5-2-6-10-16)20-12-11-17(19(22)13-20)15-7-3-1-4-8-15/h1-10,17-19,21-22H,11-14H2/t17-,18+,19+/m1/s1. The first kappa shape index (κ1) is 15.2. The Morgan fingerprint density at radius 3 is 2.23 bits per heavy atom. The number of piperidine rings is 1. The summed E-state index contributed by atoms with van der Waals surface area (Å²) in [4.78, 5) is 2.19. The summed E-state index contributed by atoms with van der Waals surface area (Å²) in [5, 5.41) is 20.3. The maximum atomic E-state index is 10.6. The fourth-order valence-corrected chi connectivity index (χ4v) is 3.44. The number of likely N-dealkylation sites (tertiary alicyclic amines) is 1. The molecule has 2 aromatic carbocycles. The van der Waals surface area contributed by atoms with Crippen molar-refractivity contribution in [2.75, 3.05) is 19.7 Å². The number of aliphatic hydroxyl groups is 2. The Bertz CT molecular complexity index is 573. The lowest BCUT2D eigenvalue weighted by atomic mass is 9.86. The van der Waals surface area contributed by atoms with E-state index in [0.29, 0.717) is 6.54 Å². The van der Waals surface area contributed by atoms with Crippen molar-refractivity contribution >= 4 is 0 Å². The molecule has 116 valence electrons. The van der Waals surface area contributed by atoms with Crippen LogP contribution in [0, 0.1) is 0 Å². The highest BCUT2D eigenvalue weighted by Crippen LogP contribution is 2.32. The number of nitrogens with zero attached hydrogens (tertiary/aromatic N) is 1. The van der Waals surface area contributed by atoms with Crippen LogP contribution in [0.2, 0.25) is 0 Å². The minimum absolute atomic E-state index is 0.0347. The molecule has 3 heteroatoms. The first-order valence-corrected chi connectivity index (χ1v) is 7.92. The maximum absolute atomic E-state index is 10.6. The Morgan fingerprint density at radius 2 is 1.64 bits per heavy atom. The van der Waals surface area contributed by atoms with Gasteiger partial charge in [0.2, 0.25) is 0 Å². The van der Waals surface area contributed by atoms with Crippen LogP contribution in [-0.2, 0) is 0 Å². The summed E-state index contributed by atoms with van der Waals surface area (Å²) in [6.45, 7) is 1.56. The summed E-state index contributed by atoms with van der Waals surface area (Å²) in [7, 11) is 0. The molecular formula is C19H23NO2. The molecule has 2 aromatic rings. The van der Waals surface area contributed by atoms with Crippen molar-refractivity contribution in [3.05, 3.63) is 71.8 Å². The van der Waals surface area contributed by atoms with Gasteiger partial charge in [-0.3, -0.25) is 4.90 Å². The second-order valence-corrected chi connectivity index (χ2v) is 5.98. The van der Waals surface area contributed by atoms with Crippen molar-refractivity contribution in [3.8, 4) is 0 Å². The van der Waals surface area contributed by atoms with E-state index in [9.17, 15) is 10.2 Å². The van der Waals surface area contributed by atoms with Gasteiger partial charge in [0.15, 0.2) is 0 Å². The number of hydrogen-bond acceptors (Lipinski definition) is 3. The Labute approximate surface area is 131 Å². The summed E-state index contributed by atoms with van der Waals surface area (Å²) in [5.74, 6) is 0.188. The minimum Gasteiger partial charge on any atom is -0.394 e. The van der Waals surface area contributed by atoms with Crippen LogP contribution in [0.5, 0.6) is 0 Å². The Balaban J connectivity index is 1.72. The second-order valence-electron chi connectivity index (χ2n) is 5.98. The molecule has 22 heavy (non-hydrogen) atoms. The first-order valence-electron chi connectivity index (χ1n) is 7.92. The molecule has 1 heterocycles. The van der Waals surface area contributed by atoms with Gasteiger partial charge in [0.1, 0.15) is 0 Å². The van der Waals surface area contributed by atoms with E-state index in [2.05, 4.69) is 17.0 Å². The molecule has 1 aliphatic heterocycles. The predicted molar refractivity (Wildman–Crippen MR) is 87.6 cm³/mol. The van der Waals surface area contributed by atoms with E-state index >= 15 is 0 Å². The molecule has 1 fully saturated rings. The second kappa shape index (κ2) is 7.05. The molecule has 0 unspecified atom stereocenters. The zero-order chi connectivity index (χ0) is 15.4. The summed E-state index contributed by atoms with van der Waals surface area (Å²) >= 11 is 0. The summed E-state index contributed by atoms with van der Waals surface area (Å²) < 4.78 is 0. The highest BCUT2D eigenvalue weighted by molar-refractivity contribution is 5.23. The quantitative estimate of drug-likeness (QED) is 0.911. The number of benzene rings is 2. The molecule has 3 atom stereocenters. The Hall–Kier alpha value is -1.68. The van der Waals surface area contributed by atoms with Crippen molar-refractivity contribution in [2.45, 2.75) is 24.5 Å². The molecule has 2 N–H and O–H groups in total. The fourth-order valence-electron chi connectivity index (χ4n) is 3.44. The van der Waals surface area contributed by atoms with E-state index in [1.807, 2.05) is 48.5 Å². The normalized spacial score (nSPS) is 24.1. The third-order valence-corrected chi connectivity index (χ3v) is 4.64. The van der Waals surface area contributed by atoms with Gasteiger partial charge in [-0.1, -0.05) is 60.7 Å². The minimum atomic E-state index is -0.395. The molecule has 3 rings (SSSR count). The smallest absolute Gasteiger partial charge is 0.0736 e. The molecule has 0 amide bonds. The third kappa shape index (κ3) is 3.22. The van der Waals surface area contributed by atoms with Crippen molar-refractivity contribution in [3.63, 3.8) is 0 Å². The molecule has 0 saturated carbocycles. The highest BCUT2D eigenvalue weighted by atomic mass is 16.3. The van der Waals surface area contributed by atoms with E-state index in [1.54, 1.807) is 0 Å². The van der Waals surface area contributed by atoms with Crippen LogP contribution in [-0.4, -0.2) is 40.9 Å². The lowest BCUT2D eigenvalue weighted by Crippen LogP contribution is -2.45. The molecule has 1 aliphatic rings. The average Bonchev–Trinajstić information content (AvgIpc) is 2.57. The third-order valence-electron chi connectivity index (χ3n) is 4.64. The van der Waals surface area contributed by atoms with Gasteiger partial charge in [-0.2, -0.15) is 0 Å². The van der Waals surface area contributed by atoms with E-state index in [-0.39, 0.29) is 18.6 Å². The number of β-amino-alcohol motifs (C(OH)–C–C–N with tert-alkyl or cyclic N) is 1. The summed E-state index contributed by atoms with van der Waals surface area (Å²) in [6, 6.07) is 20.2. The van der Waals surface area contributed by atoms with Gasteiger partial charge in [-0.25, -0.2) is 0 Å². The summed E-state index contributed by atoms with van der Waals surface area (Å²) in [5.41, 5.74) is 2.31. The van der Waals surface area contributed by atoms with E-state index in [4.69, 9.17) is 0 Å². The van der Waals surface area contributed by atoms with E-state index in [1.165, 1.54) is 5.56 Å². The topological polar surface area (TPSA) is 43.7 Å². The molecule has 0 spiro atoms. The molecule has 0 aromatic heterocycles. The van der Waals surface area contributed by atoms with E-state index in [0.717, 1.165) is 18.5 Å². The van der Waals surface area contributed by atoms with Crippen LogP contribution in [0.4, 0.5) is 0 Å². The maximum Gasteiger partial charge on any atom is 0.0736 e. The van der Waals surface area contributed by atoms with Crippen LogP contribution in [0.3, 0.4) is 0 Å². The molecular weight excluding hydrogens is 274 g/mol. The van der Waals surface area contributed by atoms with Crippen LogP contribution < -0.4 is 0 Å². The zero-order valence-electron chi connectivity index (χ0n) is 12.7. The van der Waals surface area contributed by atoms with Crippen molar-refractivity contribution in [1.29, 1.82) is 0 Å². The average molecular weight is 297 g/mol. The molecule has 3 nitrogen and oxygen atoms in total. The molecule has 1 saturated heterocycles. The number of rotatable bonds is 4. The fraction of sp³-hybridized carbons (Fsp3) is 0.368. The summed E-state index contributed by atoms with van der Waals surface area (Å²) in [6.07, 6.45) is 0.517. The lowest BCUT2D eigenvalue weighted by molar-refractivity contribution is 0.0141. The largest absolute Gasteiger partial charge is 0.394 e. The van der Waals surface area contributed by atoms with Gasteiger partial charge in [-0.05, 0) is 24.1 Å². The van der Waals surface area contributed by atoms with Crippen LogP contribution in [0.15, 0.2) is 60.7 Å². The van der Waals surface area contributed by atoms with Crippen molar-refractivity contribution in [1.82, 2.24) is 4.90 Å². The van der Waals surface area contributed by atoms with Crippen molar-refractivity contribution < 1.29 is 10.2 Å². The molecule has 0 aliphatic carbocycles. The van der Waals surface area contributed by atoms with Gasteiger partial charge in [0.05, 0.1) is 18.8 Å². The number of hydrogen-bond donors (Lipinski definition) is 2. The van der Waals surface area contributed by atoms with Crippen LogP contribution in [0.1, 0.15) is 29.5 Å². The van der Waals surface area contributed by atoms with Gasteiger partial charge in [0, 0.05) is 12.5 Å². The Morgan fingerprint density at radius 1 is 1.00 bits per heavy atom. The van der Waals surface area contributed by atoms with Crippen LogP contribution >= 0.6 is 0 Å². The SMILES string of the molecule is OC[C@@H](c1ccccc1)N1CC[C@H](c2ccccc2)[C@@H](O)C1. The van der Waals surface area contributed by atoms with Gasteiger partial charge in [-0.15, -0.1) is 0 Å².